The maximum absolute atomic E-state index is 13.7. The Bertz CT molecular complexity index is 1300. The zero-order chi connectivity index (χ0) is 27.0. The van der Waals surface area contributed by atoms with Gasteiger partial charge in [0.2, 0.25) is 5.78 Å². The fraction of sp³-hybridized carbons (Fsp3) is 0.500. The van der Waals surface area contributed by atoms with E-state index in [2.05, 4.69) is 11.8 Å². The number of nitrogens with two attached hydrogens (primary N) is 2. The second kappa shape index (κ2) is 8.57. The van der Waals surface area contributed by atoms with Crippen LogP contribution in [0.25, 0.3) is 0 Å². The molecule has 37 heavy (non-hydrogen) atoms. The van der Waals surface area contributed by atoms with Crippen molar-refractivity contribution >= 4 is 17.5 Å². The largest absolute Gasteiger partial charge is 0.510 e. The number of aliphatic hydroxyl groups excluding tert-OH is 2. The van der Waals surface area contributed by atoms with E-state index in [0.717, 1.165) is 31.5 Å². The minimum atomic E-state index is -2.72. The summed E-state index contributed by atoms with van der Waals surface area (Å²) in [5, 5.41) is 44.1. The summed E-state index contributed by atoms with van der Waals surface area (Å²) in [6.45, 7) is 3.77. The average molecular weight is 514 g/mol. The molecule has 0 unspecified atom stereocenters. The molecule has 1 heterocycles. The number of nitrogens with zero attached hydrogens (tertiary/aromatic N) is 1. The quantitative estimate of drug-likeness (QED) is 0.311. The van der Waals surface area contributed by atoms with Crippen molar-refractivity contribution in [2.75, 3.05) is 20.2 Å². The lowest BCUT2D eigenvalue weighted by Crippen LogP contribution is -2.63. The monoisotopic (exact) mass is 513 g/mol. The Morgan fingerprint density at radius 1 is 1.27 bits per heavy atom. The highest BCUT2D eigenvalue weighted by Crippen LogP contribution is 2.53. The van der Waals surface area contributed by atoms with Gasteiger partial charge in [-0.3, -0.25) is 19.3 Å². The Balaban J connectivity index is 1.68. The molecular formula is C26H31N3O8. The summed E-state index contributed by atoms with van der Waals surface area (Å²) < 4.78 is 5.79. The Morgan fingerprint density at radius 3 is 2.59 bits per heavy atom. The average Bonchev–Trinajstić information content (AvgIpc) is 3.33. The SMILES string of the molecule is CCN1CCC[C@@H]1c1cc(O)c2c(c1OC)C[C@@H]1C[C@@H]3[C@@H](N)C(O)=C(C(N)=O)C(=O)[C@]3(O)C(O)=C1C2=O. The lowest BCUT2D eigenvalue weighted by Gasteiger charge is -2.47. The summed E-state index contributed by atoms with van der Waals surface area (Å²) in [6.07, 6.45) is 1.96. The van der Waals surface area contributed by atoms with Gasteiger partial charge in [0, 0.05) is 28.7 Å². The van der Waals surface area contributed by atoms with E-state index < -0.39 is 58.0 Å². The minimum Gasteiger partial charge on any atom is -0.510 e. The standard InChI is InChI=1S/C26H31N3O8/c1-3-29-6-4-5-14(29)11-9-15(30)17-12(22(11)37-2)7-10-8-13-19(27)21(32)18(25(28)35)24(34)26(13,36)23(33)16(10)20(17)31/h9-10,13-14,19,30,32-33,36H,3-8,27H2,1-2H3,(H2,28,35)/t10-,13-,14-,19-,26-/m1/s1. The maximum atomic E-state index is 13.7. The number of carbonyl (C=O) groups is 3. The number of benzene rings is 1. The van der Waals surface area contributed by atoms with Crippen molar-refractivity contribution in [3.05, 3.63) is 45.4 Å². The molecular weight excluding hydrogens is 482 g/mol. The first-order valence-corrected chi connectivity index (χ1v) is 12.4. The van der Waals surface area contributed by atoms with E-state index in [1.165, 1.54) is 13.2 Å². The van der Waals surface area contributed by atoms with Crippen LogP contribution in [-0.2, 0) is 16.0 Å². The summed E-state index contributed by atoms with van der Waals surface area (Å²) in [4.78, 5) is 41.0. The number of Topliss-reactive ketones (excluding diaryl/α,β-unsaturated/α-hetero) is 2. The molecule has 5 atom stereocenters. The van der Waals surface area contributed by atoms with Gasteiger partial charge >= 0.3 is 0 Å². The molecule has 0 aromatic heterocycles. The van der Waals surface area contributed by atoms with Gasteiger partial charge in [-0.2, -0.15) is 0 Å². The molecule has 1 amide bonds. The molecule has 1 aromatic carbocycles. The normalized spacial score (nSPS) is 31.8. The number of ether oxygens (including phenoxy) is 1. The van der Waals surface area contributed by atoms with Crippen molar-refractivity contribution in [1.82, 2.24) is 4.90 Å². The van der Waals surface area contributed by atoms with E-state index in [4.69, 9.17) is 16.2 Å². The maximum Gasteiger partial charge on any atom is 0.255 e. The Hall–Kier alpha value is -3.41. The highest BCUT2D eigenvalue weighted by Gasteiger charge is 2.62. The molecule has 1 saturated heterocycles. The van der Waals surface area contributed by atoms with E-state index >= 15 is 0 Å². The van der Waals surface area contributed by atoms with Crippen LogP contribution in [-0.4, -0.2) is 74.6 Å². The van der Waals surface area contributed by atoms with Crippen molar-refractivity contribution in [3.8, 4) is 11.5 Å². The van der Waals surface area contributed by atoms with E-state index in [-0.39, 0.29) is 35.8 Å². The van der Waals surface area contributed by atoms with Crippen molar-refractivity contribution in [2.24, 2.45) is 23.3 Å². The second-order valence-electron chi connectivity index (χ2n) is 10.2. The number of ketones is 2. The molecule has 1 aliphatic heterocycles. The zero-order valence-corrected chi connectivity index (χ0v) is 20.7. The Labute approximate surface area is 213 Å². The Kier molecular flexibility index (Phi) is 5.85. The molecule has 0 bridgehead atoms. The molecule has 1 aromatic rings. The molecule has 0 saturated carbocycles. The number of rotatable bonds is 4. The van der Waals surface area contributed by atoms with Crippen LogP contribution in [0.2, 0.25) is 0 Å². The van der Waals surface area contributed by atoms with E-state index in [0.29, 0.717) is 11.3 Å². The first-order valence-electron chi connectivity index (χ1n) is 12.4. The molecule has 0 radical (unpaired) electrons. The molecule has 8 N–H and O–H groups in total. The van der Waals surface area contributed by atoms with Gasteiger partial charge in [-0.1, -0.05) is 6.92 Å². The number of aromatic hydroxyl groups is 1. The topological polar surface area (TPSA) is 197 Å². The highest BCUT2D eigenvalue weighted by atomic mass is 16.5. The number of hydrogen-bond acceptors (Lipinski definition) is 10. The van der Waals surface area contributed by atoms with Crippen molar-refractivity contribution in [2.45, 2.75) is 50.3 Å². The first kappa shape index (κ1) is 25.2. The number of likely N-dealkylation sites (tertiary alicyclic amines) is 1. The number of allylic oxidation sites excluding steroid dienone is 1. The summed E-state index contributed by atoms with van der Waals surface area (Å²) in [5.41, 5.74) is 8.67. The van der Waals surface area contributed by atoms with Gasteiger partial charge in [-0.15, -0.1) is 0 Å². The highest BCUT2D eigenvalue weighted by molar-refractivity contribution is 6.24. The molecule has 11 nitrogen and oxygen atoms in total. The molecule has 1 fully saturated rings. The number of methoxy groups -OCH3 is 1. The molecule has 5 rings (SSSR count). The summed E-state index contributed by atoms with van der Waals surface area (Å²) in [6, 6.07) is 0.135. The predicted octanol–water partition coefficient (Wildman–Crippen LogP) is 0.683. The number of aliphatic hydroxyl groups is 3. The third kappa shape index (κ3) is 3.27. The van der Waals surface area contributed by atoms with Gasteiger partial charge in [0.25, 0.3) is 5.91 Å². The fourth-order valence-corrected chi connectivity index (χ4v) is 6.83. The van der Waals surface area contributed by atoms with Gasteiger partial charge < -0.3 is 36.6 Å². The number of phenolic OH excluding ortho intramolecular Hbond substituents is 1. The van der Waals surface area contributed by atoms with Gasteiger partial charge in [0.15, 0.2) is 11.4 Å². The third-order valence-electron chi connectivity index (χ3n) is 8.57. The zero-order valence-electron chi connectivity index (χ0n) is 20.7. The van der Waals surface area contributed by atoms with Crippen molar-refractivity contribution in [1.29, 1.82) is 0 Å². The second-order valence-corrected chi connectivity index (χ2v) is 10.2. The molecule has 4 aliphatic rings. The number of fused-ring (bicyclic) bond motifs is 3. The van der Waals surface area contributed by atoms with E-state index in [1.54, 1.807) is 0 Å². The molecule has 198 valence electrons. The van der Waals surface area contributed by atoms with Gasteiger partial charge in [-0.25, -0.2) is 0 Å². The molecule has 0 spiro atoms. The van der Waals surface area contributed by atoms with Gasteiger partial charge in [0.1, 0.15) is 28.6 Å². The third-order valence-corrected chi connectivity index (χ3v) is 8.57. The smallest absolute Gasteiger partial charge is 0.255 e. The van der Waals surface area contributed by atoms with Crippen LogP contribution in [0.3, 0.4) is 0 Å². The lowest BCUT2D eigenvalue weighted by atomic mass is 9.59. The number of hydrogen-bond donors (Lipinski definition) is 6. The fourth-order valence-electron chi connectivity index (χ4n) is 6.83. The van der Waals surface area contributed by atoms with Crippen LogP contribution >= 0.6 is 0 Å². The summed E-state index contributed by atoms with van der Waals surface area (Å²) in [7, 11) is 1.50. The van der Waals surface area contributed by atoms with Crippen molar-refractivity contribution < 1.29 is 39.5 Å². The summed E-state index contributed by atoms with van der Waals surface area (Å²) in [5.74, 6) is -6.80. The molecule has 3 aliphatic carbocycles. The summed E-state index contributed by atoms with van der Waals surface area (Å²) >= 11 is 0. The predicted molar refractivity (Wildman–Crippen MR) is 130 cm³/mol. The minimum absolute atomic E-state index is 0.00624. The van der Waals surface area contributed by atoms with E-state index in [1.807, 2.05) is 0 Å². The Morgan fingerprint density at radius 2 is 1.97 bits per heavy atom. The first-order chi connectivity index (χ1) is 17.5. The van der Waals surface area contributed by atoms with Gasteiger partial charge in [0.05, 0.1) is 18.7 Å². The van der Waals surface area contributed by atoms with Crippen LogP contribution < -0.4 is 16.2 Å². The number of primary amides is 1. The van der Waals surface area contributed by atoms with Crippen LogP contribution in [0.15, 0.2) is 28.7 Å². The van der Waals surface area contributed by atoms with E-state index in [9.17, 15) is 34.8 Å². The number of phenols is 1. The number of carbonyl (C=O) groups excluding carboxylic acids is 3. The molecule has 11 heteroatoms. The van der Waals surface area contributed by atoms with Crippen LogP contribution in [0, 0.1) is 11.8 Å². The van der Waals surface area contributed by atoms with Crippen molar-refractivity contribution in [3.63, 3.8) is 0 Å². The van der Waals surface area contributed by atoms with Crippen LogP contribution in [0.1, 0.15) is 53.7 Å². The van der Waals surface area contributed by atoms with Crippen LogP contribution in [0.5, 0.6) is 11.5 Å². The van der Waals surface area contributed by atoms with Crippen LogP contribution in [0.4, 0.5) is 0 Å². The van der Waals surface area contributed by atoms with Gasteiger partial charge in [-0.05, 0) is 50.8 Å². The lowest BCUT2D eigenvalue weighted by molar-refractivity contribution is -0.145. The number of amides is 1.